The van der Waals surface area contributed by atoms with Crippen molar-refractivity contribution in [1.82, 2.24) is 9.80 Å². The fourth-order valence-corrected chi connectivity index (χ4v) is 6.68. The highest BCUT2D eigenvalue weighted by Crippen LogP contribution is 2.46. The number of nitrogens with zero attached hydrogens (tertiary/aromatic N) is 3. The molecule has 2 aromatic rings. The third-order valence-electron chi connectivity index (χ3n) is 8.04. The minimum atomic E-state index is -0.989. The van der Waals surface area contributed by atoms with Gasteiger partial charge in [0, 0.05) is 19.0 Å². The van der Waals surface area contributed by atoms with Crippen LogP contribution in [0.2, 0.25) is 0 Å². The zero-order valence-corrected chi connectivity index (χ0v) is 23.3. The van der Waals surface area contributed by atoms with E-state index in [0.717, 1.165) is 31.2 Å². The predicted molar refractivity (Wildman–Crippen MR) is 148 cm³/mol. The van der Waals surface area contributed by atoms with Crippen molar-refractivity contribution < 1.29 is 18.7 Å². The van der Waals surface area contributed by atoms with E-state index in [0.29, 0.717) is 18.9 Å². The molecular formula is C31H42FN3O3. The normalized spacial score (nSPS) is 26.1. The monoisotopic (exact) mass is 523 g/mol. The van der Waals surface area contributed by atoms with Crippen LogP contribution in [0, 0.1) is 23.6 Å². The molecule has 0 N–H and O–H groups in total. The van der Waals surface area contributed by atoms with Gasteiger partial charge in [-0.3, -0.25) is 0 Å². The number of ether oxygens (including phenoxy) is 2. The summed E-state index contributed by atoms with van der Waals surface area (Å²) in [5.74, 6) is 0.782. The number of hydrogen-bond donors (Lipinski definition) is 0. The number of carbonyl (C=O) groups excluding carboxylic acids is 1. The van der Waals surface area contributed by atoms with Crippen LogP contribution >= 0.6 is 0 Å². The summed E-state index contributed by atoms with van der Waals surface area (Å²) < 4.78 is 25.1. The molecule has 2 aliphatic rings. The first-order valence-corrected chi connectivity index (χ1v) is 13.8. The zero-order valence-electron chi connectivity index (χ0n) is 23.3. The molecule has 1 saturated carbocycles. The Kier molecular flexibility index (Phi) is 9.08. The molecule has 3 unspecified atom stereocenters. The minimum absolute atomic E-state index is 0.0860. The maximum Gasteiger partial charge on any atom is 0.510 e. The first-order valence-electron chi connectivity index (χ1n) is 13.8. The van der Waals surface area contributed by atoms with Crippen LogP contribution in [-0.4, -0.2) is 55.3 Å². The number of halogens is 1. The second-order valence-corrected chi connectivity index (χ2v) is 11.5. The van der Waals surface area contributed by atoms with E-state index in [1.807, 2.05) is 30.6 Å². The van der Waals surface area contributed by atoms with Crippen molar-refractivity contribution in [2.75, 3.05) is 21.2 Å². The number of aliphatic imine (C=N–C) groups is 1. The molecular weight excluding hydrogens is 481 g/mol. The first kappa shape index (κ1) is 28.1. The Bertz CT molecular complexity index is 1080. The second kappa shape index (κ2) is 12.3. The van der Waals surface area contributed by atoms with Crippen LogP contribution in [-0.2, 0) is 16.0 Å². The SMILES string of the molecule is COC(=O)OC1(CC(C)C)N=CN(Cc2ccccc2)C1C1CCC(C(c2cccc(F)c2)N(C)C)CC1. The van der Waals surface area contributed by atoms with Gasteiger partial charge in [0.1, 0.15) is 5.82 Å². The Morgan fingerprint density at radius 3 is 2.42 bits per heavy atom. The van der Waals surface area contributed by atoms with Gasteiger partial charge in [-0.1, -0.05) is 56.3 Å². The fraction of sp³-hybridized carbons (Fsp3) is 0.548. The Morgan fingerprint density at radius 2 is 1.82 bits per heavy atom. The molecule has 1 fully saturated rings. The molecule has 0 spiro atoms. The molecule has 206 valence electrons. The number of hydrogen-bond acceptors (Lipinski definition) is 6. The fourth-order valence-electron chi connectivity index (χ4n) is 6.68. The second-order valence-electron chi connectivity index (χ2n) is 11.5. The number of methoxy groups -OCH3 is 1. The number of benzene rings is 2. The van der Waals surface area contributed by atoms with Crippen LogP contribution in [0.15, 0.2) is 59.6 Å². The summed E-state index contributed by atoms with van der Waals surface area (Å²) >= 11 is 0. The summed E-state index contributed by atoms with van der Waals surface area (Å²) in [5.41, 5.74) is 1.23. The van der Waals surface area contributed by atoms with Crippen LogP contribution in [0.4, 0.5) is 9.18 Å². The van der Waals surface area contributed by atoms with E-state index in [2.05, 4.69) is 49.9 Å². The maximum atomic E-state index is 14.1. The molecule has 2 aromatic carbocycles. The average molecular weight is 524 g/mol. The molecule has 7 heteroatoms. The van der Waals surface area contributed by atoms with Gasteiger partial charge in [-0.15, -0.1) is 0 Å². The van der Waals surface area contributed by atoms with Crippen molar-refractivity contribution in [2.24, 2.45) is 22.7 Å². The molecule has 0 amide bonds. The summed E-state index contributed by atoms with van der Waals surface area (Å²) in [6, 6.07) is 17.4. The lowest BCUT2D eigenvalue weighted by Crippen LogP contribution is -2.54. The van der Waals surface area contributed by atoms with Crippen molar-refractivity contribution in [3.8, 4) is 0 Å². The molecule has 0 radical (unpaired) electrons. The summed E-state index contributed by atoms with van der Waals surface area (Å²) in [5, 5.41) is 0. The quantitative estimate of drug-likeness (QED) is 0.344. The zero-order chi connectivity index (χ0) is 27.3. The molecule has 1 heterocycles. The Labute approximate surface area is 226 Å². The summed E-state index contributed by atoms with van der Waals surface area (Å²) in [4.78, 5) is 21.9. The predicted octanol–water partition coefficient (Wildman–Crippen LogP) is 6.67. The van der Waals surface area contributed by atoms with E-state index < -0.39 is 11.9 Å². The van der Waals surface area contributed by atoms with Gasteiger partial charge in [-0.25, -0.2) is 14.2 Å². The molecule has 0 bridgehead atoms. The van der Waals surface area contributed by atoms with Crippen LogP contribution in [0.1, 0.15) is 63.1 Å². The molecule has 4 rings (SSSR count). The lowest BCUT2D eigenvalue weighted by molar-refractivity contribution is -0.0826. The van der Waals surface area contributed by atoms with E-state index in [1.165, 1.54) is 18.7 Å². The highest BCUT2D eigenvalue weighted by molar-refractivity contribution is 5.64. The topological polar surface area (TPSA) is 54.4 Å². The largest absolute Gasteiger partial charge is 0.510 e. The number of rotatable bonds is 9. The van der Waals surface area contributed by atoms with Gasteiger partial charge in [-0.2, -0.15) is 0 Å². The van der Waals surface area contributed by atoms with Crippen LogP contribution in [0.25, 0.3) is 0 Å². The average Bonchev–Trinajstić information content (AvgIpc) is 3.21. The molecule has 6 nitrogen and oxygen atoms in total. The Morgan fingerprint density at radius 1 is 1.11 bits per heavy atom. The maximum absolute atomic E-state index is 14.1. The molecule has 0 saturated heterocycles. The highest BCUT2D eigenvalue weighted by atomic mass is 19.1. The van der Waals surface area contributed by atoms with Gasteiger partial charge >= 0.3 is 6.16 Å². The lowest BCUT2D eigenvalue weighted by Gasteiger charge is -2.45. The van der Waals surface area contributed by atoms with Crippen molar-refractivity contribution >= 4 is 12.5 Å². The van der Waals surface area contributed by atoms with Gasteiger partial charge < -0.3 is 19.3 Å². The minimum Gasteiger partial charge on any atom is -0.438 e. The van der Waals surface area contributed by atoms with Gasteiger partial charge in [0.2, 0.25) is 5.72 Å². The molecule has 38 heavy (non-hydrogen) atoms. The van der Waals surface area contributed by atoms with Crippen molar-refractivity contribution in [1.29, 1.82) is 0 Å². The summed E-state index contributed by atoms with van der Waals surface area (Å²) in [7, 11) is 5.50. The smallest absolute Gasteiger partial charge is 0.438 e. The first-order chi connectivity index (χ1) is 18.2. The van der Waals surface area contributed by atoms with Gasteiger partial charge in [0.05, 0.1) is 19.5 Å². The third kappa shape index (κ3) is 6.37. The molecule has 0 aromatic heterocycles. The Balaban J connectivity index is 1.59. The van der Waals surface area contributed by atoms with Gasteiger partial charge in [-0.05, 0) is 80.8 Å². The van der Waals surface area contributed by atoms with Crippen molar-refractivity contribution in [3.63, 3.8) is 0 Å². The third-order valence-corrected chi connectivity index (χ3v) is 8.04. The Hall–Kier alpha value is -2.93. The van der Waals surface area contributed by atoms with Crippen molar-refractivity contribution in [3.05, 3.63) is 71.5 Å². The standard InChI is InChI=1S/C31H42FN3O3/c1-22(2)19-31(38-30(36)37-5)29(35(21-33-31)20-23-10-7-6-8-11-23)25-16-14-24(15-17-25)28(34(3)4)26-12-9-13-27(32)18-26/h6-13,18,21-22,24-25,28-29H,14-17,19-20H2,1-5H3. The van der Waals surface area contributed by atoms with E-state index in [1.54, 1.807) is 12.1 Å². The lowest BCUT2D eigenvalue weighted by atomic mass is 9.71. The van der Waals surface area contributed by atoms with Gasteiger partial charge in [0.25, 0.3) is 0 Å². The van der Waals surface area contributed by atoms with Crippen LogP contribution in [0.5, 0.6) is 0 Å². The number of carbonyl (C=O) groups is 1. The molecule has 1 aliphatic carbocycles. The van der Waals surface area contributed by atoms with Gasteiger partial charge in [0.15, 0.2) is 0 Å². The van der Waals surface area contributed by atoms with E-state index in [4.69, 9.17) is 14.5 Å². The van der Waals surface area contributed by atoms with E-state index >= 15 is 0 Å². The summed E-state index contributed by atoms with van der Waals surface area (Å²) in [6.45, 7) is 4.96. The highest BCUT2D eigenvalue weighted by Gasteiger charge is 2.53. The van der Waals surface area contributed by atoms with Crippen LogP contribution < -0.4 is 0 Å². The van der Waals surface area contributed by atoms with E-state index in [9.17, 15) is 9.18 Å². The van der Waals surface area contributed by atoms with Crippen molar-refractivity contribution in [2.45, 2.75) is 70.3 Å². The van der Waals surface area contributed by atoms with E-state index in [-0.39, 0.29) is 29.7 Å². The molecule has 3 atom stereocenters. The molecule has 1 aliphatic heterocycles. The summed E-state index contributed by atoms with van der Waals surface area (Å²) in [6.07, 6.45) is 5.79. The van der Waals surface area contributed by atoms with Crippen LogP contribution in [0.3, 0.4) is 0 Å².